The van der Waals surface area contributed by atoms with Gasteiger partial charge in [0.15, 0.2) is 0 Å². The molecular formula is C21H25ClN2O2. The van der Waals surface area contributed by atoms with Gasteiger partial charge in [0.25, 0.3) is 0 Å². The molecule has 0 aliphatic carbocycles. The molecule has 1 aliphatic heterocycles. The molecule has 1 heterocycles. The summed E-state index contributed by atoms with van der Waals surface area (Å²) in [5.74, 6) is 0.824. The Morgan fingerprint density at radius 2 is 1.85 bits per heavy atom. The third-order valence-electron chi connectivity index (χ3n) is 4.73. The Labute approximate surface area is 160 Å². The quantitative estimate of drug-likeness (QED) is 0.783. The van der Waals surface area contributed by atoms with Crippen molar-refractivity contribution in [3.63, 3.8) is 0 Å². The van der Waals surface area contributed by atoms with Gasteiger partial charge < -0.3 is 15.0 Å². The van der Waals surface area contributed by atoms with Gasteiger partial charge in [0.05, 0.1) is 18.5 Å². The van der Waals surface area contributed by atoms with Gasteiger partial charge in [0, 0.05) is 24.5 Å². The zero-order valence-corrected chi connectivity index (χ0v) is 15.9. The van der Waals surface area contributed by atoms with Crippen molar-refractivity contribution in [2.45, 2.75) is 32.1 Å². The lowest BCUT2D eigenvalue weighted by Gasteiger charge is -2.30. The molecule has 2 aromatic rings. The van der Waals surface area contributed by atoms with Crippen molar-refractivity contribution in [2.75, 3.05) is 30.4 Å². The monoisotopic (exact) mass is 372 g/mol. The zero-order valence-electron chi connectivity index (χ0n) is 15.1. The number of aryl methyl sites for hydroxylation is 1. The minimum absolute atomic E-state index is 0.00124. The van der Waals surface area contributed by atoms with Crippen molar-refractivity contribution in [1.29, 1.82) is 0 Å². The van der Waals surface area contributed by atoms with Crippen molar-refractivity contribution >= 4 is 28.9 Å². The number of methoxy groups -OCH3 is 1. The van der Waals surface area contributed by atoms with E-state index in [1.807, 2.05) is 42.5 Å². The van der Waals surface area contributed by atoms with Gasteiger partial charge in [-0.1, -0.05) is 23.7 Å². The number of halogens is 1. The second-order valence-electron chi connectivity index (χ2n) is 6.61. The molecule has 2 aromatic carbocycles. The summed E-state index contributed by atoms with van der Waals surface area (Å²) in [4.78, 5) is 14.8. The van der Waals surface area contributed by atoms with Gasteiger partial charge in [-0.3, -0.25) is 4.79 Å². The van der Waals surface area contributed by atoms with Crippen molar-refractivity contribution < 1.29 is 9.53 Å². The molecule has 5 heteroatoms. The molecular weight excluding hydrogens is 348 g/mol. The highest BCUT2D eigenvalue weighted by atomic mass is 35.5. The summed E-state index contributed by atoms with van der Waals surface area (Å²) in [6.45, 7) is 2.05. The number of ether oxygens (including phenoxy) is 1. The summed E-state index contributed by atoms with van der Waals surface area (Å²) >= 11 is 6.16. The maximum Gasteiger partial charge on any atom is 0.224 e. The zero-order chi connectivity index (χ0) is 18.4. The summed E-state index contributed by atoms with van der Waals surface area (Å²) in [6.07, 6.45) is 4.77. The molecule has 0 spiro atoms. The number of anilines is 2. The van der Waals surface area contributed by atoms with Crippen LogP contribution in [-0.2, 0) is 11.2 Å². The highest BCUT2D eigenvalue weighted by molar-refractivity contribution is 6.31. The summed E-state index contributed by atoms with van der Waals surface area (Å²) in [7, 11) is 1.65. The lowest BCUT2D eigenvalue weighted by atomic mass is 10.1. The summed E-state index contributed by atoms with van der Waals surface area (Å²) in [5.41, 5.74) is 2.98. The molecule has 1 saturated heterocycles. The van der Waals surface area contributed by atoms with Gasteiger partial charge in [-0.2, -0.15) is 0 Å². The van der Waals surface area contributed by atoms with Crippen molar-refractivity contribution in [2.24, 2.45) is 0 Å². The van der Waals surface area contributed by atoms with E-state index in [9.17, 15) is 4.79 Å². The number of nitrogens with one attached hydrogen (secondary N) is 1. The maximum absolute atomic E-state index is 12.5. The first-order chi connectivity index (χ1) is 12.7. The van der Waals surface area contributed by atoms with E-state index < -0.39 is 0 Å². The molecule has 0 bridgehead atoms. The van der Waals surface area contributed by atoms with Gasteiger partial charge in [-0.25, -0.2) is 0 Å². The number of amides is 1. The molecule has 1 aliphatic rings. The van der Waals surface area contributed by atoms with Crippen molar-refractivity contribution in [1.82, 2.24) is 0 Å². The number of hydrogen-bond acceptors (Lipinski definition) is 3. The SMILES string of the molecule is COc1ccc(CCC(=O)Nc2cc(Cl)ccc2N2CCCCC2)cc1. The molecule has 4 nitrogen and oxygen atoms in total. The van der Waals surface area contributed by atoms with Gasteiger partial charge in [-0.05, 0) is 61.6 Å². The second kappa shape index (κ2) is 8.95. The molecule has 26 heavy (non-hydrogen) atoms. The molecule has 1 fully saturated rings. The van der Waals surface area contributed by atoms with Crippen LogP contribution in [-0.4, -0.2) is 26.1 Å². The van der Waals surface area contributed by atoms with Crippen molar-refractivity contribution in [3.8, 4) is 5.75 Å². The number of benzene rings is 2. The molecule has 1 N–H and O–H groups in total. The first-order valence-electron chi connectivity index (χ1n) is 9.13. The number of carbonyl (C=O) groups excluding carboxylic acids is 1. The van der Waals surface area contributed by atoms with Gasteiger partial charge in [0.2, 0.25) is 5.91 Å². The average molecular weight is 373 g/mol. The third kappa shape index (κ3) is 4.92. The summed E-state index contributed by atoms with van der Waals surface area (Å²) in [5, 5.41) is 3.69. The molecule has 138 valence electrons. The molecule has 0 radical (unpaired) electrons. The Balaban J connectivity index is 1.63. The van der Waals surface area contributed by atoms with Gasteiger partial charge in [0.1, 0.15) is 5.75 Å². The number of piperidine rings is 1. The third-order valence-corrected chi connectivity index (χ3v) is 4.96. The van der Waals surface area contributed by atoms with Crippen LogP contribution in [0.5, 0.6) is 5.75 Å². The van der Waals surface area contributed by atoms with E-state index in [2.05, 4.69) is 10.2 Å². The fourth-order valence-electron chi connectivity index (χ4n) is 3.28. The standard InChI is InChI=1S/C21H25ClN2O2/c1-26-18-9-5-16(6-10-18)7-12-21(25)23-19-15-17(22)8-11-20(19)24-13-3-2-4-14-24/h5-6,8-11,15H,2-4,7,12-14H2,1H3,(H,23,25). The fraction of sp³-hybridized carbons (Fsp3) is 0.381. The lowest BCUT2D eigenvalue weighted by molar-refractivity contribution is -0.116. The van der Waals surface area contributed by atoms with E-state index >= 15 is 0 Å². The van der Waals surface area contributed by atoms with Crippen LogP contribution in [0.15, 0.2) is 42.5 Å². The first-order valence-corrected chi connectivity index (χ1v) is 9.51. The number of rotatable bonds is 6. The fourth-order valence-corrected chi connectivity index (χ4v) is 3.45. The van der Waals surface area contributed by atoms with Crippen LogP contribution < -0.4 is 15.0 Å². The van der Waals surface area contributed by atoms with E-state index in [1.165, 1.54) is 19.3 Å². The van der Waals surface area contributed by atoms with E-state index in [1.54, 1.807) is 7.11 Å². The topological polar surface area (TPSA) is 41.6 Å². The van der Waals surface area contributed by atoms with Crippen LogP contribution in [0.1, 0.15) is 31.2 Å². The van der Waals surface area contributed by atoms with Crippen LogP contribution in [0.2, 0.25) is 5.02 Å². The predicted molar refractivity (Wildman–Crippen MR) is 107 cm³/mol. The van der Waals surface area contributed by atoms with Crippen LogP contribution in [0.25, 0.3) is 0 Å². The maximum atomic E-state index is 12.5. The predicted octanol–water partition coefficient (Wildman–Crippen LogP) is 4.91. The molecule has 0 unspecified atom stereocenters. The van der Waals surface area contributed by atoms with Crippen LogP contribution in [0, 0.1) is 0 Å². The Morgan fingerprint density at radius 3 is 2.54 bits per heavy atom. The van der Waals surface area contributed by atoms with E-state index in [0.717, 1.165) is 35.8 Å². The van der Waals surface area contributed by atoms with E-state index in [0.29, 0.717) is 17.9 Å². The highest BCUT2D eigenvalue weighted by Gasteiger charge is 2.16. The second-order valence-corrected chi connectivity index (χ2v) is 7.04. The smallest absolute Gasteiger partial charge is 0.224 e. The first kappa shape index (κ1) is 18.6. The largest absolute Gasteiger partial charge is 0.497 e. The molecule has 1 amide bonds. The van der Waals surface area contributed by atoms with Crippen LogP contribution in [0.3, 0.4) is 0 Å². The lowest BCUT2D eigenvalue weighted by Crippen LogP contribution is -2.30. The Bertz CT molecular complexity index is 740. The summed E-state index contributed by atoms with van der Waals surface area (Å²) < 4.78 is 5.16. The minimum Gasteiger partial charge on any atom is -0.497 e. The Morgan fingerprint density at radius 1 is 1.12 bits per heavy atom. The molecule has 0 aromatic heterocycles. The Hall–Kier alpha value is -2.20. The average Bonchev–Trinajstić information content (AvgIpc) is 2.67. The highest BCUT2D eigenvalue weighted by Crippen LogP contribution is 2.31. The molecule has 0 saturated carbocycles. The minimum atomic E-state index is 0.00124. The molecule has 0 atom stereocenters. The van der Waals surface area contributed by atoms with Crippen molar-refractivity contribution in [3.05, 3.63) is 53.1 Å². The van der Waals surface area contributed by atoms with E-state index in [4.69, 9.17) is 16.3 Å². The van der Waals surface area contributed by atoms with Gasteiger partial charge >= 0.3 is 0 Å². The molecule has 3 rings (SSSR count). The van der Waals surface area contributed by atoms with E-state index in [-0.39, 0.29) is 5.91 Å². The summed E-state index contributed by atoms with van der Waals surface area (Å²) in [6, 6.07) is 13.6. The van der Waals surface area contributed by atoms with Gasteiger partial charge in [-0.15, -0.1) is 0 Å². The number of carbonyl (C=O) groups is 1. The normalized spacial score (nSPS) is 14.2. The number of nitrogens with zero attached hydrogens (tertiary/aromatic N) is 1. The van der Waals surface area contributed by atoms with Crippen LogP contribution in [0.4, 0.5) is 11.4 Å². The number of hydrogen-bond donors (Lipinski definition) is 1. The van der Waals surface area contributed by atoms with Crippen LogP contribution >= 0.6 is 11.6 Å². The Kier molecular flexibility index (Phi) is 6.40.